The van der Waals surface area contributed by atoms with Gasteiger partial charge < -0.3 is 15.0 Å². The molecule has 0 fully saturated rings. The Morgan fingerprint density at radius 1 is 0.951 bits per heavy atom. The van der Waals surface area contributed by atoms with Crippen LogP contribution in [0.25, 0.3) is 0 Å². The van der Waals surface area contributed by atoms with Gasteiger partial charge in [0, 0.05) is 18.1 Å². The number of hydrogen-bond acceptors (Lipinski definition) is 5. The molecule has 10 heteroatoms. The summed E-state index contributed by atoms with van der Waals surface area (Å²) in [5, 5.41) is 3.28. The second kappa shape index (κ2) is 14.9. The van der Waals surface area contributed by atoms with E-state index in [2.05, 4.69) is 5.32 Å². The van der Waals surface area contributed by atoms with E-state index in [0.717, 1.165) is 21.9 Å². The molecule has 1 unspecified atom stereocenters. The minimum Gasteiger partial charge on any atom is -0.494 e. The SMILES string of the molecule is CCCNC(=O)C(CC)N(Cc1ccccc1C)C(=O)CN(c1ccc(OCC)cc1)S(=O)(=O)c1ccc(Cl)cc1. The third-order valence-corrected chi connectivity index (χ3v) is 8.69. The van der Waals surface area contributed by atoms with Gasteiger partial charge in [-0.1, -0.05) is 49.7 Å². The van der Waals surface area contributed by atoms with Gasteiger partial charge >= 0.3 is 0 Å². The number of rotatable bonds is 14. The van der Waals surface area contributed by atoms with Crippen molar-refractivity contribution < 1.29 is 22.7 Å². The summed E-state index contributed by atoms with van der Waals surface area (Å²) in [5.74, 6) is -0.200. The first-order chi connectivity index (χ1) is 19.6. The lowest BCUT2D eigenvalue weighted by molar-refractivity contribution is -0.140. The zero-order valence-electron chi connectivity index (χ0n) is 24.0. The average molecular weight is 600 g/mol. The maximum Gasteiger partial charge on any atom is 0.264 e. The summed E-state index contributed by atoms with van der Waals surface area (Å²) >= 11 is 6.02. The molecule has 0 aliphatic rings. The van der Waals surface area contributed by atoms with E-state index in [-0.39, 0.29) is 23.0 Å². The molecular formula is C31H38ClN3O5S. The van der Waals surface area contributed by atoms with Crippen molar-refractivity contribution in [1.82, 2.24) is 10.2 Å². The highest BCUT2D eigenvalue weighted by molar-refractivity contribution is 7.92. The summed E-state index contributed by atoms with van der Waals surface area (Å²) in [6.07, 6.45) is 1.11. The first-order valence-electron chi connectivity index (χ1n) is 13.7. The fourth-order valence-corrected chi connectivity index (χ4v) is 5.93. The van der Waals surface area contributed by atoms with Crippen LogP contribution in [0.3, 0.4) is 0 Å². The third kappa shape index (κ3) is 8.24. The minimum absolute atomic E-state index is 0.0123. The highest BCUT2D eigenvalue weighted by Crippen LogP contribution is 2.27. The molecule has 0 aromatic heterocycles. The van der Waals surface area contributed by atoms with Gasteiger partial charge in [-0.05, 0) is 86.3 Å². The largest absolute Gasteiger partial charge is 0.494 e. The number of amides is 2. The molecule has 41 heavy (non-hydrogen) atoms. The minimum atomic E-state index is -4.19. The summed E-state index contributed by atoms with van der Waals surface area (Å²) in [4.78, 5) is 28.8. The molecule has 1 atom stereocenters. The van der Waals surface area contributed by atoms with E-state index in [4.69, 9.17) is 16.3 Å². The van der Waals surface area contributed by atoms with Gasteiger partial charge in [0.15, 0.2) is 0 Å². The van der Waals surface area contributed by atoms with E-state index in [9.17, 15) is 18.0 Å². The van der Waals surface area contributed by atoms with E-state index in [1.54, 1.807) is 24.3 Å². The number of carbonyl (C=O) groups excluding carboxylic acids is 2. The predicted octanol–water partition coefficient (Wildman–Crippen LogP) is 5.58. The molecule has 0 radical (unpaired) electrons. The Kier molecular flexibility index (Phi) is 11.6. The third-order valence-electron chi connectivity index (χ3n) is 6.65. The number of anilines is 1. The summed E-state index contributed by atoms with van der Waals surface area (Å²) < 4.78 is 34.5. The van der Waals surface area contributed by atoms with Crippen molar-refractivity contribution in [2.45, 2.75) is 58.0 Å². The van der Waals surface area contributed by atoms with Gasteiger partial charge in [0.1, 0.15) is 18.3 Å². The number of benzene rings is 3. The second-order valence-corrected chi connectivity index (χ2v) is 11.9. The normalized spacial score (nSPS) is 11.9. The number of ether oxygens (including phenoxy) is 1. The van der Waals surface area contributed by atoms with Crippen LogP contribution >= 0.6 is 11.6 Å². The smallest absolute Gasteiger partial charge is 0.264 e. The van der Waals surface area contributed by atoms with Crippen LogP contribution in [0.4, 0.5) is 5.69 Å². The number of halogens is 1. The Balaban J connectivity index is 2.06. The van der Waals surface area contributed by atoms with Crippen LogP contribution in [-0.2, 0) is 26.2 Å². The quantitative estimate of drug-likeness (QED) is 0.261. The average Bonchev–Trinajstić information content (AvgIpc) is 2.96. The number of sulfonamides is 1. The van der Waals surface area contributed by atoms with Crippen molar-refractivity contribution in [3.05, 3.63) is 88.9 Å². The number of carbonyl (C=O) groups is 2. The first-order valence-corrected chi connectivity index (χ1v) is 15.6. The highest BCUT2D eigenvalue weighted by Gasteiger charge is 2.33. The van der Waals surface area contributed by atoms with E-state index >= 15 is 0 Å². The molecule has 0 bridgehead atoms. The fraction of sp³-hybridized carbons (Fsp3) is 0.355. The standard InChI is InChI=1S/C31H38ClN3O5S/c1-5-20-33-31(37)29(6-2)34(21-24-11-9-8-10-23(24)4)30(36)22-35(26-14-16-27(17-15-26)40-7-3)41(38,39)28-18-12-25(32)13-19-28/h8-19,29H,5-7,20-22H2,1-4H3,(H,33,37). The summed E-state index contributed by atoms with van der Waals surface area (Å²) in [6, 6.07) is 19.1. The first kappa shape index (κ1) is 32.0. The van der Waals surface area contributed by atoms with Crippen molar-refractivity contribution in [2.75, 3.05) is 24.0 Å². The topological polar surface area (TPSA) is 96.0 Å². The predicted molar refractivity (Wildman–Crippen MR) is 163 cm³/mol. The van der Waals surface area contributed by atoms with Gasteiger partial charge in [-0.15, -0.1) is 0 Å². The summed E-state index contributed by atoms with van der Waals surface area (Å²) in [5.41, 5.74) is 2.12. The lowest BCUT2D eigenvalue weighted by Crippen LogP contribution is -2.52. The van der Waals surface area contributed by atoms with Gasteiger partial charge in [-0.3, -0.25) is 13.9 Å². The maximum absolute atomic E-state index is 14.1. The second-order valence-electron chi connectivity index (χ2n) is 9.56. The molecule has 0 saturated heterocycles. The van der Waals surface area contributed by atoms with Crippen molar-refractivity contribution in [2.24, 2.45) is 0 Å². The molecule has 0 saturated carbocycles. The molecule has 220 valence electrons. The van der Waals surface area contributed by atoms with E-state index < -0.39 is 28.5 Å². The number of hydrogen-bond donors (Lipinski definition) is 1. The number of aryl methyl sites for hydroxylation is 1. The van der Waals surface area contributed by atoms with Crippen LogP contribution in [0.1, 0.15) is 44.7 Å². The van der Waals surface area contributed by atoms with Crippen LogP contribution in [0.5, 0.6) is 5.75 Å². The lowest BCUT2D eigenvalue weighted by atomic mass is 10.1. The zero-order chi connectivity index (χ0) is 30.0. The van der Waals surface area contributed by atoms with Crippen molar-refractivity contribution in [3.8, 4) is 5.75 Å². The highest BCUT2D eigenvalue weighted by atomic mass is 35.5. The Labute approximate surface area is 248 Å². The lowest BCUT2D eigenvalue weighted by Gasteiger charge is -2.33. The van der Waals surface area contributed by atoms with E-state index in [1.807, 2.05) is 52.0 Å². The van der Waals surface area contributed by atoms with Crippen molar-refractivity contribution in [3.63, 3.8) is 0 Å². The molecule has 3 aromatic carbocycles. The molecule has 0 aliphatic carbocycles. The molecule has 0 heterocycles. The molecule has 2 amide bonds. The van der Waals surface area contributed by atoms with Gasteiger partial charge in [-0.2, -0.15) is 0 Å². The van der Waals surface area contributed by atoms with E-state index in [1.165, 1.54) is 29.2 Å². The molecule has 8 nitrogen and oxygen atoms in total. The molecule has 3 aromatic rings. The van der Waals surface area contributed by atoms with Gasteiger partial charge in [0.2, 0.25) is 11.8 Å². The zero-order valence-corrected chi connectivity index (χ0v) is 25.5. The van der Waals surface area contributed by atoms with Gasteiger partial charge in [-0.25, -0.2) is 8.42 Å². The monoisotopic (exact) mass is 599 g/mol. The fourth-order valence-electron chi connectivity index (χ4n) is 4.39. The number of nitrogens with zero attached hydrogens (tertiary/aromatic N) is 2. The van der Waals surface area contributed by atoms with Crippen LogP contribution in [0.2, 0.25) is 5.02 Å². The Morgan fingerprint density at radius 3 is 2.20 bits per heavy atom. The molecule has 0 aliphatic heterocycles. The van der Waals surface area contributed by atoms with Gasteiger partial charge in [0.25, 0.3) is 10.0 Å². The van der Waals surface area contributed by atoms with Crippen LogP contribution < -0.4 is 14.4 Å². The Bertz CT molecular complexity index is 1410. The molecular weight excluding hydrogens is 562 g/mol. The summed E-state index contributed by atoms with van der Waals surface area (Å²) in [7, 11) is -4.19. The Morgan fingerprint density at radius 2 is 1.61 bits per heavy atom. The summed E-state index contributed by atoms with van der Waals surface area (Å²) in [6.45, 7) is 8.16. The van der Waals surface area contributed by atoms with Crippen molar-refractivity contribution >= 4 is 39.1 Å². The van der Waals surface area contributed by atoms with Crippen molar-refractivity contribution in [1.29, 1.82) is 0 Å². The van der Waals surface area contributed by atoms with Crippen LogP contribution in [0, 0.1) is 6.92 Å². The molecule has 1 N–H and O–H groups in total. The van der Waals surface area contributed by atoms with Crippen LogP contribution in [-0.4, -0.2) is 50.9 Å². The maximum atomic E-state index is 14.1. The number of nitrogens with one attached hydrogen (secondary N) is 1. The Hall–Kier alpha value is -3.56. The molecule has 3 rings (SSSR count). The van der Waals surface area contributed by atoms with E-state index in [0.29, 0.717) is 30.3 Å². The molecule has 0 spiro atoms. The van der Waals surface area contributed by atoms with Gasteiger partial charge in [0.05, 0.1) is 17.2 Å². The van der Waals surface area contributed by atoms with Crippen LogP contribution in [0.15, 0.2) is 77.7 Å².